The van der Waals surface area contributed by atoms with Gasteiger partial charge in [0.25, 0.3) is 0 Å². The molecule has 7 heteroatoms. The number of thiazole rings is 1. The van der Waals surface area contributed by atoms with Crippen LogP contribution in [-0.4, -0.2) is 41.3 Å². The second-order valence-electron chi connectivity index (χ2n) is 6.12. The average Bonchev–Trinajstić information content (AvgIpc) is 2.96. The van der Waals surface area contributed by atoms with Crippen LogP contribution in [0.5, 0.6) is 0 Å². The van der Waals surface area contributed by atoms with E-state index in [1.165, 1.54) is 23.8 Å². The van der Waals surface area contributed by atoms with Gasteiger partial charge in [-0.05, 0) is 12.0 Å². The predicted molar refractivity (Wildman–Crippen MR) is 98.6 cm³/mol. The van der Waals surface area contributed by atoms with E-state index in [2.05, 4.69) is 32.7 Å². The monoisotopic (exact) mass is 358 g/mol. The maximum atomic E-state index is 12.1. The zero-order chi connectivity index (χ0) is 17.6. The van der Waals surface area contributed by atoms with Gasteiger partial charge in [0.2, 0.25) is 11.8 Å². The van der Waals surface area contributed by atoms with Gasteiger partial charge in [0.05, 0.1) is 12.2 Å². The van der Waals surface area contributed by atoms with Crippen LogP contribution in [0.2, 0.25) is 0 Å². The van der Waals surface area contributed by atoms with Gasteiger partial charge in [-0.3, -0.25) is 14.5 Å². The van der Waals surface area contributed by atoms with Gasteiger partial charge < -0.3 is 10.6 Å². The molecule has 2 heterocycles. The first-order valence-corrected chi connectivity index (χ1v) is 9.21. The van der Waals surface area contributed by atoms with E-state index in [9.17, 15) is 9.59 Å². The molecule has 1 aliphatic heterocycles. The smallest absolute Gasteiger partial charge is 0.234 e. The maximum absolute atomic E-state index is 12.1. The SMILES string of the molecule is CC(=O)Nc1nc2c(s1)CN(CC(=O)NCCc1ccccc1)CC2. The van der Waals surface area contributed by atoms with E-state index >= 15 is 0 Å². The third kappa shape index (κ3) is 5.11. The minimum atomic E-state index is -0.110. The highest BCUT2D eigenvalue weighted by atomic mass is 32.1. The Labute approximate surface area is 151 Å². The molecule has 0 atom stereocenters. The summed E-state index contributed by atoms with van der Waals surface area (Å²) >= 11 is 1.49. The largest absolute Gasteiger partial charge is 0.355 e. The Kier molecular flexibility index (Phi) is 5.78. The number of amides is 2. The highest BCUT2D eigenvalue weighted by molar-refractivity contribution is 7.15. The summed E-state index contributed by atoms with van der Waals surface area (Å²) in [6.45, 7) is 4.03. The standard InChI is InChI=1S/C18H22N4O2S/c1-13(23)20-18-21-15-8-10-22(11-16(15)25-18)12-17(24)19-9-7-14-5-3-2-4-6-14/h2-6H,7-12H2,1H3,(H,19,24)(H,20,21,23). The summed E-state index contributed by atoms with van der Waals surface area (Å²) in [5.74, 6) is -0.0632. The lowest BCUT2D eigenvalue weighted by Gasteiger charge is -2.25. The molecule has 0 spiro atoms. The molecule has 132 valence electrons. The lowest BCUT2D eigenvalue weighted by molar-refractivity contribution is -0.122. The van der Waals surface area contributed by atoms with E-state index in [0.29, 0.717) is 24.8 Å². The van der Waals surface area contributed by atoms with Crippen LogP contribution >= 0.6 is 11.3 Å². The van der Waals surface area contributed by atoms with Gasteiger partial charge in [0.1, 0.15) is 0 Å². The summed E-state index contributed by atoms with van der Waals surface area (Å²) in [4.78, 5) is 31.0. The van der Waals surface area contributed by atoms with Gasteiger partial charge in [0, 0.05) is 37.9 Å². The lowest BCUT2D eigenvalue weighted by Crippen LogP contribution is -2.40. The minimum Gasteiger partial charge on any atom is -0.355 e. The van der Waals surface area contributed by atoms with Crippen LogP contribution in [-0.2, 0) is 29.0 Å². The Bertz CT molecular complexity index is 745. The molecule has 0 saturated heterocycles. The third-order valence-corrected chi connectivity index (χ3v) is 5.04. The van der Waals surface area contributed by atoms with Gasteiger partial charge in [-0.1, -0.05) is 30.3 Å². The number of aromatic nitrogens is 1. The first-order valence-electron chi connectivity index (χ1n) is 8.39. The fourth-order valence-corrected chi connectivity index (χ4v) is 3.93. The molecule has 6 nitrogen and oxygen atoms in total. The van der Waals surface area contributed by atoms with Crippen LogP contribution in [0.1, 0.15) is 23.1 Å². The zero-order valence-electron chi connectivity index (χ0n) is 14.2. The molecule has 2 aromatic rings. The molecule has 0 radical (unpaired) electrons. The van der Waals surface area contributed by atoms with Crippen molar-refractivity contribution in [3.8, 4) is 0 Å². The molecule has 25 heavy (non-hydrogen) atoms. The quantitative estimate of drug-likeness (QED) is 0.826. The molecule has 3 rings (SSSR count). The van der Waals surface area contributed by atoms with Crippen LogP contribution in [0, 0.1) is 0 Å². The molecular formula is C18H22N4O2S. The van der Waals surface area contributed by atoms with Gasteiger partial charge >= 0.3 is 0 Å². The van der Waals surface area contributed by atoms with Crippen molar-refractivity contribution < 1.29 is 9.59 Å². The second kappa shape index (κ2) is 8.22. The second-order valence-corrected chi connectivity index (χ2v) is 7.20. The van der Waals surface area contributed by atoms with Crippen molar-refractivity contribution in [2.24, 2.45) is 0 Å². The van der Waals surface area contributed by atoms with Crippen LogP contribution in [0.15, 0.2) is 30.3 Å². The average molecular weight is 358 g/mol. The predicted octanol–water partition coefficient (Wildman–Crippen LogP) is 1.82. The molecule has 0 bridgehead atoms. The van der Waals surface area contributed by atoms with Gasteiger partial charge in [-0.15, -0.1) is 11.3 Å². The van der Waals surface area contributed by atoms with Crippen molar-refractivity contribution in [1.82, 2.24) is 15.2 Å². The normalized spacial score (nSPS) is 14.0. The number of fused-ring (bicyclic) bond motifs is 1. The fourth-order valence-electron chi connectivity index (χ4n) is 2.84. The zero-order valence-corrected chi connectivity index (χ0v) is 15.1. The molecule has 0 saturated carbocycles. The van der Waals surface area contributed by atoms with Crippen molar-refractivity contribution in [2.75, 3.05) is 25.0 Å². The molecule has 0 unspecified atom stereocenters. The van der Waals surface area contributed by atoms with Gasteiger partial charge in [0.15, 0.2) is 5.13 Å². The van der Waals surface area contributed by atoms with E-state index in [0.717, 1.165) is 30.0 Å². The summed E-state index contributed by atoms with van der Waals surface area (Å²) < 4.78 is 0. The number of benzene rings is 1. The number of carbonyl (C=O) groups excluding carboxylic acids is 2. The number of nitrogens with zero attached hydrogens (tertiary/aromatic N) is 2. The number of hydrogen-bond acceptors (Lipinski definition) is 5. The van der Waals surface area contributed by atoms with Crippen molar-refractivity contribution in [2.45, 2.75) is 26.3 Å². The highest BCUT2D eigenvalue weighted by Gasteiger charge is 2.22. The van der Waals surface area contributed by atoms with E-state index < -0.39 is 0 Å². The Balaban J connectivity index is 1.45. The number of rotatable bonds is 6. The molecule has 0 fully saturated rings. The topological polar surface area (TPSA) is 74.3 Å². The summed E-state index contributed by atoms with van der Waals surface area (Å²) in [7, 11) is 0. The highest BCUT2D eigenvalue weighted by Crippen LogP contribution is 2.28. The van der Waals surface area contributed by atoms with E-state index in [1.54, 1.807) is 0 Å². The number of hydrogen-bond donors (Lipinski definition) is 2. The van der Waals surface area contributed by atoms with Crippen LogP contribution in [0.4, 0.5) is 5.13 Å². The van der Waals surface area contributed by atoms with Crippen molar-refractivity contribution in [3.05, 3.63) is 46.5 Å². The molecule has 1 aliphatic rings. The van der Waals surface area contributed by atoms with Crippen molar-refractivity contribution >= 4 is 28.3 Å². The lowest BCUT2D eigenvalue weighted by atomic mass is 10.1. The molecule has 1 aromatic carbocycles. The third-order valence-electron chi connectivity index (χ3n) is 4.04. The van der Waals surface area contributed by atoms with Crippen LogP contribution < -0.4 is 10.6 Å². The van der Waals surface area contributed by atoms with Crippen LogP contribution in [0.3, 0.4) is 0 Å². The van der Waals surface area contributed by atoms with Gasteiger partial charge in [-0.2, -0.15) is 0 Å². The van der Waals surface area contributed by atoms with Crippen LogP contribution in [0.25, 0.3) is 0 Å². The van der Waals surface area contributed by atoms with E-state index in [1.807, 2.05) is 18.2 Å². The summed E-state index contributed by atoms with van der Waals surface area (Å²) in [5.41, 5.74) is 2.26. The summed E-state index contributed by atoms with van der Waals surface area (Å²) in [6.07, 6.45) is 1.65. The number of nitrogens with one attached hydrogen (secondary N) is 2. The summed E-state index contributed by atoms with van der Waals surface area (Å²) in [5, 5.41) is 6.36. The molecule has 0 aliphatic carbocycles. The molecular weight excluding hydrogens is 336 g/mol. The Morgan fingerprint density at radius 3 is 2.84 bits per heavy atom. The minimum absolute atomic E-state index is 0.0472. The Morgan fingerprint density at radius 2 is 2.08 bits per heavy atom. The maximum Gasteiger partial charge on any atom is 0.234 e. The first kappa shape index (κ1) is 17.6. The number of anilines is 1. The molecule has 2 amide bonds. The Morgan fingerprint density at radius 1 is 1.28 bits per heavy atom. The van der Waals surface area contributed by atoms with E-state index in [-0.39, 0.29) is 11.8 Å². The first-order chi connectivity index (χ1) is 12.1. The van der Waals surface area contributed by atoms with Crippen molar-refractivity contribution in [3.63, 3.8) is 0 Å². The van der Waals surface area contributed by atoms with E-state index in [4.69, 9.17) is 0 Å². The number of carbonyl (C=O) groups is 2. The van der Waals surface area contributed by atoms with Gasteiger partial charge in [-0.25, -0.2) is 4.98 Å². The molecule has 2 N–H and O–H groups in total. The summed E-state index contributed by atoms with van der Waals surface area (Å²) in [6, 6.07) is 10.1. The fraction of sp³-hybridized carbons (Fsp3) is 0.389. The Hall–Kier alpha value is -2.25. The molecule has 1 aromatic heterocycles. The van der Waals surface area contributed by atoms with Crippen molar-refractivity contribution in [1.29, 1.82) is 0 Å².